The molecule has 2 aromatic rings. The fourth-order valence-corrected chi connectivity index (χ4v) is 5.35. The molecule has 8 heteroatoms. The second-order valence-electron chi connectivity index (χ2n) is 12.5. The third kappa shape index (κ3) is 8.72. The Labute approximate surface area is 244 Å². The van der Waals surface area contributed by atoms with E-state index in [9.17, 15) is 19.5 Å². The van der Waals surface area contributed by atoms with Crippen LogP contribution in [0.5, 0.6) is 5.75 Å². The molecule has 0 saturated heterocycles. The van der Waals surface area contributed by atoms with E-state index in [2.05, 4.69) is 24.5 Å². The fourth-order valence-electron chi connectivity index (χ4n) is 5.35. The van der Waals surface area contributed by atoms with E-state index >= 15 is 0 Å². The smallest absolute Gasteiger partial charge is 0.408 e. The van der Waals surface area contributed by atoms with Gasteiger partial charge in [-0.05, 0) is 94.7 Å². The van der Waals surface area contributed by atoms with Crippen LogP contribution in [-0.2, 0) is 20.7 Å². The van der Waals surface area contributed by atoms with Crippen molar-refractivity contribution in [2.24, 2.45) is 5.92 Å². The first kappa shape index (κ1) is 32.0. The number of rotatable bonds is 11. The van der Waals surface area contributed by atoms with Gasteiger partial charge in [0.2, 0.25) is 11.8 Å². The van der Waals surface area contributed by atoms with E-state index in [4.69, 9.17) is 4.74 Å². The largest absolute Gasteiger partial charge is 0.508 e. The lowest BCUT2D eigenvalue weighted by atomic mass is 9.92. The fraction of sp³-hybridized carbons (Fsp3) is 0.545. The highest BCUT2D eigenvalue weighted by Gasteiger charge is 2.49. The van der Waals surface area contributed by atoms with Gasteiger partial charge in [0.05, 0.1) is 0 Å². The molecule has 1 aliphatic carbocycles. The van der Waals surface area contributed by atoms with Gasteiger partial charge in [-0.25, -0.2) is 4.79 Å². The standard InChI is InChI=1S/C33H47N3O5/c1-9-11-23(5)34-30(38)29(28-20(2)12-10-13-21(28)3)36(27-18-22(27)4)31(39)26(35-32(40)41-33(6,7)8)19-24-14-16-25(37)17-15-24/h10,12-17,22-23,26-27,29,37H,9,11,18-19H2,1-8H3,(H,34,38)(H,35,40). The second kappa shape index (κ2) is 13.4. The van der Waals surface area contributed by atoms with Crippen molar-refractivity contribution in [1.82, 2.24) is 15.5 Å². The Morgan fingerprint density at radius 1 is 1.05 bits per heavy atom. The summed E-state index contributed by atoms with van der Waals surface area (Å²) in [5.74, 6) is -0.249. The predicted octanol–water partition coefficient (Wildman–Crippen LogP) is 5.73. The van der Waals surface area contributed by atoms with Crippen LogP contribution < -0.4 is 10.6 Å². The SMILES string of the molecule is CCCC(C)NC(=O)C(c1c(C)cccc1C)N(C(=O)C(Cc1ccc(O)cc1)NC(=O)OC(C)(C)C)C1CC1C. The van der Waals surface area contributed by atoms with Crippen molar-refractivity contribution in [2.45, 2.75) is 111 Å². The van der Waals surface area contributed by atoms with E-state index in [0.717, 1.165) is 41.5 Å². The molecule has 0 spiro atoms. The first-order chi connectivity index (χ1) is 19.2. The summed E-state index contributed by atoms with van der Waals surface area (Å²) >= 11 is 0. The summed E-state index contributed by atoms with van der Waals surface area (Å²) in [4.78, 5) is 43.4. The van der Waals surface area contributed by atoms with E-state index in [-0.39, 0.29) is 42.0 Å². The number of nitrogens with zero attached hydrogens (tertiary/aromatic N) is 1. The molecule has 224 valence electrons. The molecule has 0 heterocycles. The summed E-state index contributed by atoms with van der Waals surface area (Å²) in [7, 11) is 0. The molecule has 3 amide bonds. The van der Waals surface area contributed by atoms with Crippen LogP contribution >= 0.6 is 0 Å². The third-order valence-corrected chi connectivity index (χ3v) is 7.50. The van der Waals surface area contributed by atoms with Crippen LogP contribution in [0.3, 0.4) is 0 Å². The third-order valence-electron chi connectivity index (χ3n) is 7.50. The number of alkyl carbamates (subject to hydrolysis) is 1. The Kier molecular flexibility index (Phi) is 10.5. The summed E-state index contributed by atoms with van der Waals surface area (Å²) < 4.78 is 5.52. The molecule has 5 unspecified atom stereocenters. The van der Waals surface area contributed by atoms with Crippen LogP contribution in [-0.4, -0.2) is 51.6 Å². The van der Waals surface area contributed by atoms with Gasteiger partial charge in [-0.1, -0.05) is 50.6 Å². The highest BCUT2D eigenvalue weighted by atomic mass is 16.6. The lowest BCUT2D eigenvalue weighted by Crippen LogP contribution is -2.55. The minimum Gasteiger partial charge on any atom is -0.508 e. The van der Waals surface area contributed by atoms with Crippen molar-refractivity contribution in [1.29, 1.82) is 0 Å². The van der Waals surface area contributed by atoms with Crippen molar-refractivity contribution in [3.8, 4) is 5.75 Å². The number of carbonyl (C=O) groups is 3. The number of amides is 3. The Balaban J connectivity index is 2.09. The lowest BCUT2D eigenvalue weighted by molar-refractivity contribution is -0.143. The van der Waals surface area contributed by atoms with E-state index in [1.165, 1.54) is 0 Å². The van der Waals surface area contributed by atoms with E-state index in [0.29, 0.717) is 0 Å². The Bertz CT molecular complexity index is 1200. The maximum absolute atomic E-state index is 14.6. The van der Waals surface area contributed by atoms with Gasteiger partial charge in [0, 0.05) is 18.5 Å². The number of ether oxygens (including phenoxy) is 1. The van der Waals surface area contributed by atoms with Gasteiger partial charge >= 0.3 is 6.09 Å². The maximum atomic E-state index is 14.6. The zero-order valence-electron chi connectivity index (χ0n) is 25.8. The molecule has 3 N–H and O–H groups in total. The molecule has 8 nitrogen and oxygen atoms in total. The van der Waals surface area contributed by atoms with Gasteiger partial charge in [-0.2, -0.15) is 0 Å². The van der Waals surface area contributed by atoms with Crippen molar-refractivity contribution in [3.05, 3.63) is 64.7 Å². The highest BCUT2D eigenvalue weighted by Crippen LogP contribution is 2.42. The minimum atomic E-state index is -0.991. The molecule has 3 rings (SSSR count). The lowest BCUT2D eigenvalue weighted by Gasteiger charge is -2.37. The number of phenols is 1. The number of benzene rings is 2. The van der Waals surface area contributed by atoms with E-state index in [1.54, 1.807) is 49.9 Å². The van der Waals surface area contributed by atoms with Gasteiger partial charge in [-0.3, -0.25) is 9.59 Å². The van der Waals surface area contributed by atoms with Gasteiger partial charge in [-0.15, -0.1) is 0 Å². The van der Waals surface area contributed by atoms with Crippen molar-refractivity contribution in [3.63, 3.8) is 0 Å². The zero-order valence-corrected chi connectivity index (χ0v) is 25.8. The molecule has 5 atom stereocenters. The molecular formula is C33H47N3O5. The average Bonchev–Trinajstić information content (AvgIpc) is 3.58. The molecule has 1 aliphatic rings. The van der Waals surface area contributed by atoms with Gasteiger partial charge < -0.3 is 25.4 Å². The quantitative estimate of drug-likeness (QED) is 0.323. The van der Waals surface area contributed by atoms with Crippen molar-refractivity contribution >= 4 is 17.9 Å². The summed E-state index contributed by atoms with van der Waals surface area (Å²) in [5.41, 5.74) is 2.66. The van der Waals surface area contributed by atoms with Gasteiger partial charge in [0.25, 0.3) is 0 Å². The number of nitrogens with one attached hydrogen (secondary N) is 2. The average molecular weight is 566 g/mol. The molecule has 0 aromatic heterocycles. The van der Waals surface area contributed by atoms with Crippen LogP contribution in [0.4, 0.5) is 4.79 Å². The molecule has 0 radical (unpaired) electrons. The number of carbonyl (C=O) groups excluding carboxylic acids is 3. The number of phenolic OH excluding ortho intramolecular Hbond substituents is 1. The van der Waals surface area contributed by atoms with Crippen LogP contribution in [0.2, 0.25) is 0 Å². The number of hydrogen-bond acceptors (Lipinski definition) is 5. The summed E-state index contributed by atoms with van der Waals surface area (Å²) in [5, 5.41) is 15.7. The zero-order chi connectivity index (χ0) is 30.5. The molecule has 0 bridgehead atoms. The van der Waals surface area contributed by atoms with E-state index < -0.39 is 23.8 Å². The van der Waals surface area contributed by atoms with Gasteiger partial charge in [0.15, 0.2) is 0 Å². The minimum absolute atomic E-state index is 0.0550. The Morgan fingerprint density at radius 2 is 1.63 bits per heavy atom. The number of hydrogen-bond donors (Lipinski definition) is 3. The number of aromatic hydroxyl groups is 1. The van der Waals surface area contributed by atoms with Crippen LogP contribution in [0.25, 0.3) is 0 Å². The molecular weight excluding hydrogens is 518 g/mol. The van der Waals surface area contributed by atoms with Crippen molar-refractivity contribution < 1.29 is 24.2 Å². The monoisotopic (exact) mass is 565 g/mol. The highest BCUT2D eigenvalue weighted by molar-refractivity contribution is 5.93. The van der Waals surface area contributed by atoms with Crippen LogP contribution in [0.1, 0.15) is 89.1 Å². The molecule has 2 aromatic carbocycles. The topological polar surface area (TPSA) is 108 Å². The number of aryl methyl sites for hydroxylation is 2. The van der Waals surface area contributed by atoms with Crippen LogP contribution in [0.15, 0.2) is 42.5 Å². The summed E-state index contributed by atoms with van der Waals surface area (Å²) in [6, 6.07) is 10.4. The molecule has 0 aliphatic heterocycles. The predicted molar refractivity (Wildman–Crippen MR) is 161 cm³/mol. The first-order valence-electron chi connectivity index (χ1n) is 14.7. The van der Waals surface area contributed by atoms with Gasteiger partial charge in [0.1, 0.15) is 23.4 Å². The Morgan fingerprint density at radius 3 is 2.15 bits per heavy atom. The van der Waals surface area contributed by atoms with Crippen LogP contribution in [0, 0.1) is 19.8 Å². The summed E-state index contributed by atoms with van der Waals surface area (Å²) in [6.07, 6.45) is 1.98. The van der Waals surface area contributed by atoms with E-state index in [1.807, 2.05) is 39.0 Å². The molecule has 1 fully saturated rings. The summed E-state index contributed by atoms with van der Waals surface area (Å²) in [6.45, 7) is 15.3. The molecule has 41 heavy (non-hydrogen) atoms. The Hall–Kier alpha value is -3.55. The maximum Gasteiger partial charge on any atom is 0.408 e. The normalized spacial score (nSPS) is 18.5. The second-order valence-corrected chi connectivity index (χ2v) is 12.5. The van der Waals surface area contributed by atoms with Crippen molar-refractivity contribution in [2.75, 3.05) is 0 Å². The molecule has 1 saturated carbocycles. The first-order valence-corrected chi connectivity index (χ1v) is 14.7.